The Morgan fingerprint density at radius 3 is 2.97 bits per heavy atom. The summed E-state index contributed by atoms with van der Waals surface area (Å²) in [6.45, 7) is 7.85. The van der Waals surface area contributed by atoms with Gasteiger partial charge in [-0.05, 0) is 62.4 Å². The largest absolute Gasteiger partial charge is 0.497 e. The predicted octanol–water partition coefficient (Wildman–Crippen LogP) is 3.78. The molecule has 0 saturated carbocycles. The van der Waals surface area contributed by atoms with E-state index in [1.54, 1.807) is 7.11 Å². The Kier molecular flexibility index (Phi) is 10.2. The van der Waals surface area contributed by atoms with E-state index in [0.29, 0.717) is 6.04 Å². The second-order valence-electron chi connectivity index (χ2n) is 7.44. The van der Waals surface area contributed by atoms with Gasteiger partial charge in [-0.3, -0.25) is 9.98 Å². The fraction of sp³-hybridized carbons (Fsp3) is 0.478. The van der Waals surface area contributed by atoms with E-state index in [2.05, 4.69) is 58.6 Å². The summed E-state index contributed by atoms with van der Waals surface area (Å²) >= 11 is 0. The van der Waals surface area contributed by atoms with E-state index in [9.17, 15) is 0 Å². The van der Waals surface area contributed by atoms with Gasteiger partial charge in [0.05, 0.1) is 7.11 Å². The number of nitrogens with zero attached hydrogens (tertiary/aromatic N) is 3. The highest BCUT2D eigenvalue weighted by Crippen LogP contribution is 2.24. The van der Waals surface area contributed by atoms with Crippen LogP contribution >= 0.6 is 24.0 Å². The first-order valence-corrected chi connectivity index (χ1v) is 10.5. The van der Waals surface area contributed by atoms with Crippen molar-refractivity contribution in [3.63, 3.8) is 0 Å². The van der Waals surface area contributed by atoms with Crippen molar-refractivity contribution in [3.8, 4) is 5.75 Å². The first-order chi connectivity index (χ1) is 14.2. The average Bonchev–Trinajstić information content (AvgIpc) is 2.75. The summed E-state index contributed by atoms with van der Waals surface area (Å²) in [5.74, 6) is 1.80. The van der Waals surface area contributed by atoms with Crippen LogP contribution in [0.3, 0.4) is 0 Å². The van der Waals surface area contributed by atoms with Crippen molar-refractivity contribution in [2.24, 2.45) is 4.99 Å². The van der Waals surface area contributed by atoms with Gasteiger partial charge in [-0.1, -0.05) is 6.07 Å². The molecule has 1 aromatic carbocycles. The lowest BCUT2D eigenvalue weighted by Gasteiger charge is -2.35. The lowest BCUT2D eigenvalue weighted by molar-refractivity contribution is 0.414. The van der Waals surface area contributed by atoms with Crippen molar-refractivity contribution in [2.45, 2.75) is 39.2 Å². The summed E-state index contributed by atoms with van der Waals surface area (Å²) in [6.07, 6.45) is 6.99. The highest BCUT2D eigenvalue weighted by Gasteiger charge is 2.21. The van der Waals surface area contributed by atoms with Gasteiger partial charge in [-0.2, -0.15) is 0 Å². The molecule has 2 N–H and O–H groups in total. The first-order valence-electron chi connectivity index (χ1n) is 10.5. The molecule has 1 aliphatic heterocycles. The van der Waals surface area contributed by atoms with E-state index < -0.39 is 0 Å². The van der Waals surface area contributed by atoms with E-state index >= 15 is 0 Å². The molecule has 30 heavy (non-hydrogen) atoms. The summed E-state index contributed by atoms with van der Waals surface area (Å²) in [7, 11) is 1.71. The number of aliphatic imine (C=N–C) groups is 1. The molecule has 7 heteroatoms. The zero-order valence-electron chi connectivity index (χ0n) is 18.2. The molecule has 0 amide bonds. The molecule has 0 bridgehead atoms. The van der Waals surface area contributed by atoms with Gasteiger partial charge in [0, 0.05) is 56.4 Å². The second kappa shape index (κ2) is 12.6. The fourth-order valence-electron chi connectivity index (χ4n) is 3.72. The Morgan fingerprint density at radius 1 is 1.33 bits per heavy atom. The van der Waals surface area contributed by atoms with Crippen molar-refractivity contribution in [3.05, 3.63) is 53.9 Å². The Hall–Kier alpha value is -2.03. The van der Waals surface area contributed by atoms with Gasteiger partial charge in [0.25, 0.3) is 0 Å². The minimum atomic E-state index is 0. The summed E-state index contributed by atoms with van der Waals surface area (Å²) in [5, 5.41) is 7.03. The summed E-state index contributed by atoms with van der Waals surface area (Å²) < 4.78 is 5.38. The van der Waals surface area contributed by atoms with E-state index in [4.69, 9.17) is 9.73 Å². The van der Waals surface area contributed by atoms with Gasteiger partial charge in [-0.25, -0.2) is 0 Å². The third-order valence-corrected chi connectivity index (χ3v) is 5.31. The molecule has 2 heterocycles. The highest BCUT2D eigenvalue weighted by atomic mass is 127. The maximum Gasteiger partial charge on any atom is 0.191 e. The molecule has 0 spiro atoms. The number of pyridine rings is 1. The van der Waals surface area contributed by atoms with Crippen LogP contribution in [0.5, 0.6) is 5.75 Å². The summed E-state index contributed by atoms with van der Waals surface area (Å²) in [6, 6.07) is 10.8. The molecule has 1 saturated heterocycles. The number of rotatable bonds is 7. The first kappa shape index (κ1) is 24.2. The van der Waals surface area contributed by atoms with Gasteiger partial charge in [0.1, 0.15) is 5.75 Å². The van der Waals surface area contributed by atoms with Gasteiger partial charge >= 0.3 is 0 Å². The monoisotopic (exact) mass is 523 g/mol. The number of halogens is 1. The zero-order chi connectivity index (χ0) is 20.5. The molecule has 164 valence electrons. The van der Waals surface area contributed by atoms with Crippen molar-refractivity contribution < 1.29 is 4.74 Å². The van der Waals surface area contributed by atoms with Gasteiger partial charge in [0.2, 0.25) is 0 Å². The van der Waals surface area contributed by atoms with Gasteiger partial charge in [0.15, 0.2) is 5.96 Å². The van der Waals surface area contributed by atoms with E-state index in [0.717, 1.165) is 57.2 Å². The minimum Gasteiger partial charge on any atom is -0.497 e. The Labute approximate surface area is 197 Å². The average molecular weight is 523 g/mol. The molecule has 1 fully saturated rings. The van der Waals surface area contributed by atoms with Crippen LogP contribution in [0.2, 0.25) is 0 Å². The number of aryl methyl sites for hydroxylation is 1. The van der Waals surface area contributed by atoms with Crippen LogP contribution in [0.15, 0.2) is 47.7 Å². The highest BCUT2D eigenvalue weighted by molar-refractivity contribution is 14.0. The minimum absolute atomic E-state index is 0. The maximum absolute atomic E-state index is 5.38. The van der Waals surface area contributed by atoms with Crippen LogP contribution in [0.4, 0.5) is 5.69 Å². The van der Waals surface area contributed by atoms with Crippen LogP contribution in [0.1, 0.15) is 30.9 Å². The molecule has 1 unspecified atom stereocenters. The molecule has 1 aliphatic rings. The standard InChI is InChI=1S/C23H33N5O.HI/c1-4-25-23(26-13-11-19-10-12-24-16-18(19)2)27-20-7-6-14-28(17-20)21-8-5-9-22(15-21)29-3;/h5,8-10,12,15-16,20H,4,6-7,11,13-14,17H2,1-3H3,(H2,25,26,27);1H. The topological polar surface area (TPSA) is 61.8 Å². The Balaban J connectivity index is 0.00000320. The van der Waals surface area contributed by atoms with Crippen LogP contribution in [0, 0.1) is 6.92 Å². The van der Waals surface area contributed by atoms with Gasteiger partial charge < -0.3 is 20.3 Å². The Bertz CT molecular complexity index is 814. The predicted molar refractivity (Wildman–Crippen MR) is 135 cm³/mol. The van der Waals surface area contributed by atoms with Crippen molar-refractivity contribution >= 4 is 35.6 Å². The molecule has 1 atom stereocenters. The quantitative estimate of drug-likeness (QED) is 0.329. The number of benzene rings is 1. The summed E-state index contributed by atoms with van der Waals surface area (Å²) in [4.78, 5) is 11.4. The number of anilines is 1. The Morgan fingerprint density at radius 2 is 2.20 bits per heavy atom. The van der Waals surface area contributed by atoms with Gasteiger partial charge in [-0.15, -0.1) is 24.0 Å². The number of methoxy groups -OCH3 is 1. The number of nitrogens with one attached hydrogen (secondary N) is 2. The molecular formula is C23H34IN5O. The van der Waals surface area contributed by atoms with Crippen molar-refractivity contribution in [1.82, 2.24) is 15.6 Å². The van der Waals surface area contributed by atoms with E-state index in [1.807, 2.05) is 18.5 Å². The maximum atomic E-state index is 5.38. The summed E-state index contributed by atoms with van der Waals surface area (Å²) in [5.41, 5.74) is 3.74. The van der Waals surface area contributed by atoms with Crippen LogP contribution in [-0.4, -0.2) is 50.3 Å². The third kappa shape index (κ3) is 7.04. The molecule has 0 radical (unpaired) electrons. The second-order valence-corrected chi connectivity index (χ2v) is 7.44. The normalized spacial score (nSPS) is 16.6. The smallest absolute Gasteiger partial charge is 0.191 e. The lowest BCUT2D eigenvalue weighted by Crippen LogP contribution is -2.51. The molecule has 2 aromatic rings. The molecular weight excluding hydrogens is 489 g/mol. The fourth-order valence-corrected chi connectivity index (χ4v) is 3.72. The van der Waals surface area contributed by atoms with Crippen molar-refractivity contribution in [1.29, 1.82) is 0 Å². The molecule has 3 rings (SSSR count). The number of hydrogen-bond acceptors (Lipinski definition) is 4. The van der Waals surface area contributed by atoms with E-state index in [-0.39, 0.29) is 24.0 Å². The van der Waals surface area contributed by atoms with Crippen molar-refractivity contribution in [2.75, 3.05) is 38.2 Å². The number of ether oxygens (including phenoxy) is 1. The molecule has 6 nitrogen and oxygen atoms in total. The molecule has 0 aliphatic carbocycles. The number of piperidine rings is 1. The lowest BCUT2D eigenvalue weighted by atomic mass is 10.0. The molecule has 1 aromatic heterocycles. The SMILES string of the molecule is CCNC(=NCCc1ccncc1C)NC1CCCN(c2cccc(OC)c2)C1.I. The van der Waals surface area contributed by atoms with E-state index in [1.165, 1.54) is 16.8 Å². The van der Waals surface area contributed by atoms with Crippen LogP contribution < -0.4 is 20.3 Å². The third-order valence-electron chi connectivity index (χ3n) is 5.31. The van der Waals surface area contributed by atoms with Crippen LogP contribution in [-0.2, 0) is 6.42 Å². The zero-order valence-corrected chi connectivity index (χ0v) is 20.6. The number of hydrogen-bond donors (Lipinski definition) is 2. The van der Waals surface area contributed by atoms with Crippen LogP contribution in [0.25, 0.3) is 0 Å². The number of guanidine groups is 1. The number of aromatic nitrogens is 1.